The van der Waals surface area contributed by atoms with Crippen molar-refractivity contribution in [2.75, 3.05) is 13.7 Å². The first kappa shape index (κ1) is 15.3. The second-order valence-electron chi connectivity index (χ2n) is 4.62. The average molecular weight is 272 g/mol. The lowest BCUT2D eigenvalue weighted by atomic mass is 9.95. The van der Waals surface area contributed by atoms with E-state index in [2.05, 4.69) is 6.92 Å². The first-order chi connectivity index (χ1) is 8.54. The lowest BCUT2D eigenvalue weighted by Crippen LogP contribution is -2.42. The highest BCUT2D eigenvalue weighted by atomic mass is 35.5. The van der Waals surface area contributed by atoms with Crippen molar-refractivity contribution >= 4 is 11.6 Å². The smallest absolute Gasteiger partial charge is 0.121 e. The summed E-state index contributed by atoms with van der Waals surface area (Å²) >= 11 is 5.91. The van der Waals surface area contributed by atoms with Crippen molar-refractivity contribution in [3.8, 4) is 5.75 Å². The fraction of sp³-hybridized carbons (Fsp3) is 0.571. The van der Waals surface area contributed by atoms with Gasteiger partial charge in [0.25, 0.3) is 0 Å². The van der Waals surface area contributed by atoms with Gasteiger partial charge in [-0.15, -0.1) is 0 Å². The highest BCUT2D eigenvalue weighted by Gasteiger charge is 2.21. The zero-order valence-corrected chi connectivity index (χ0v) is 12.0. The molecule has 1 aromatic rings. The van der Waals surface area contributed by atoms with Crippen LogP contribution in [-0.2, 0) is 4.74 Å². The van der Waals surface area contributed by atoms with E-state index in [1.165, 1.54) is 0 Å². The van der Waals surface area contributed by atoms with Crippen LogP contribution in [0.1, 0.15) is 20.3 Å². The second-order valence-corrected chi connectivity index (χ2v) is 5.05. The Hall–Kier alpha value is -0.770. The standard InChI is InChI=1S/C14H22ClNO2/c1-10(7-8-17-3)14(16)11(2)18-13-6-4-5-12(15)9-13/h4-6,9-11,14H,7-8,16H2,1-3H3. The van der Waals surface area contributed by atoms with Crippen molar-refractivity contribution in [1.82, 2.24) is 0 Å². The molecule has 3 nitrogen and oxygen atoms in total. The Labute approximate surface area is 114 Å². The molecule has 0 heterocycles. The molecule has 0 amide bonds. The van der Waals surface area contributed by atoms with Gasteiger partial charge in [-0.25, -0.2) is 0 Å². The third kappa shape index (κ3) is 4.84. The first-order valence-corrected chi connectivity index (χ1v) is 6.59. The van der Waals surface area contributed by atoms with Gasteiger partial charge in [-0.2, -0.15) is 0 Å². The zero-order chi connectivity index (χ0) is 13.5. The number of methoxy groups -OCH3 is 1. The number of hydrogen-bond donors (Lipinski definition) is 1. The van der Waals surface area contributed by atoms with Crippen LogP contribution in [0.4, 0.5) is 0 Å². The quantitative estimate of drug-likeness (QED) is 0.829. The minimum absolute atomic E-state index is 0.0286. The van der Waals surface area contributed by atoms with Gasteiger partial charge < -0.3 is 15.2 Å². The predicted octanol–water partition coefficient (Wildman–Crippen LogP) is 3.11. The Kier molecular flexibility index (Phi) is 6.47. The molecule has 0 bridgehead atoms. The van der Waals surface area contributed by atoms with Gasteiger partial charge in [0.15, 0.2) is 0 Å². The Morgan fingerprint density at radius 3 is 2.67 bits per heavy atom. The molecule has 18 heavy (non-hydrogen) atoms. The van der Waals surface area contributed by atoms with E-state index in [0.717, 1.165) is 18.8 Å². The molecule has 0 saturated carbocycles. The third-order valence-corrected chi connectivity index (χ3v) is 3.33. The van der Waals surface area contributed by atoms with Crippen LogP contribution in [0.25, 0.3) is 0 Å². The molecule has 102 valence electrons. The maximum Gasteiger partial charge on any atom is 0.121 e. The summed E-state index contributed by atoms with van der Waals surface area (Å²) in [5.41, 5.74) is 6.17. The summed E-state index contributed by atoms with van der Waals surface area (Å²) in [4.78, 5) is 0. The number of halogens is 1. The van der Waals surface area contributed by atoms with Crippen molar-refractivity contribution in [2.45, 2.75) is 32.4 Å². The fourth-order valence-corrected chi connectivity index (χ4v) is 1.97. The summed E-state index contributed by atoms with van der Waals surface area (Å²) in [6.45, 7) is 4.81. The number of benzene rings is 1. The molecule has 0 aliphatic rings. The third-order valence-electron chi connectivity index (χ3n) is 3.09. The van der Waals surface area contributed by atoms with Crippen LogP contribution in [0.3, 0.4) is 0 Å². The molecule has 1 aromatic carbocycles. The molecule has 0 saturated heterocycles. The summed E-state index contributed by atoms with van der Waals surface area (Å²) in [5.74, 6) is 1.10. The SMILES string of the molecule is COCCC(C)C(N)C(C)Oc1cccc(Cl)c1. The van der Waals surface area contributed by atoms with E-state index in [9.17, 15) is 0 Å². The van der Waals surface area contributed by atoms with E-state index < -0.39 is 0 Å². The second kappa shape index (κ2) is 7.62. The van der Waals surface area contributed by atoms with Crippen molar-refractivity contribution in [3.63, 3.8) is 0 Å². The molecule has 3 atom stereocenters. The average Bonchev–Trinajstić information content (AvgIpc) is 2.35. The molecule has 0 spiro atoms. The van der Waals surface area contributed by atoms with Crippen LogP contribution < -0.4 is 10.5 Å². The number of hydrogen-bond acceptors (Lipinski definition) is 3. The van der Waals surface area contributed by atoms with Gasteiger partial charge in [0.2, 0.25) is 0 Å². The summed E-state index contributed by atoms with van der Waals surface area (Å²) in [6.07, 6.45) is 0.872. The van der Waals surface area contributed by atoms with Crippen molar-refractivity contribution in [1.29, 1.82) is 0 Å². The normalized spacial score (nSPS) is 16.1. The molecule has 0 aliphatic carbocycles. The predicted molar refractivity (Wildman–Crippen MR) is 75.2 cm³/mol. The van der Waals surface area contributed by atoms with E-state index >= 15 is 0 Å². The maximum absolute atomic E-state index is 6.17. The molecule has 0 aromatic heterocycles. The van der Waals surface area contributed by atoms with Crippen LogP contribution >= 0.6 is 11.6 Å². The minimum Gasteiger partial charge on any atom is -0.489 e. The van der Waals surface area contributed by atoms with Gasteiger partial charge in [0.1, 0.15) is 11.9 Å². The first-order valence-electron chi connectivity index (χ1n) is 6.21. The molecule has 0 aliphatic heterocycles. The van der Waals surface area contributed by atoms with Crippen molar-refractivity contribution in [2.24, 2.45) is 11.7 Å². The van der Waals surface area contributed by atoms with Crippen LogP contribution in [0.15, 0.2) is 24.3 Å². The lowest BCUT2D eigenvalue weighted by Gasteiger charge is -2.26. The zero-order valence-electron chi connectivity index (χ0n) is 11.2. The molecule has 3 unspecified atom stereocenters. The Bertz CT molecular complexity index is 359. The molecular weight excluding hydrogens is 250 g/mol. The largest absolute Gasteiger partial charge is 0.489 e. The highest BCUT2D eigenvalue weighted by Crippen LogP contribution is 2.20. The molecule has 1 rings (SSSR count). The summed E-state index contributed by atoms with van der Waals surface area (Å²) in [6, 6.07) is 7.34. The van der Waals surface area contributed by atoms with Gasteiger partial charge >= 0.3 is 0 Å². The fourth-order valence-electron chi connectivity index (χ4n) is 1.79. The van der Waals surface area contributed by atoms with Gasteiger partial charge in [-0.1, -0.05) is 24.6 Å². The Morgan fingerprint density at radius 1 is 1.33 bits per heavy atom. The van der Waals surface area contributed by atoms with Crippen LogP contribution in [0.2, 0.25) is 5.02 Å². The van der Waals surface area contributed by atoms with Crippen LogP contribution in [0.5, 0.6) is 5.75 Å². The van der Waals surface area contributed by atoms with E-state index in [-0.39, 0.29) is 12.1 Å². The van der Waals surface area contributed by atoms with Crippen LogP contribution in [0, 0.1) is 5.92 Å². The van der Waals surface area contributed by atoms with Gasteiger partial charge in [-0.3, -0.25) is 0 Å². The number of rotatable bonds is 7. The minimum atomic E-state index is -0.0599. The Balaban J connectivity index is 2.51. The summed E-state index contributed by atoms with van der Waals surface area (Å²) in [7, 11) is 1.70. The Morgan fingerprint density at radius 2 is 2.06 bits per heavy atom. The van der Waals surface area contributed by atoms with E-state index in [1.807, 2.05) is 25.1 Å². The van der Waals surface area contributed by atoms with Gasteiger partial charge in [0, 0.05) is 24.8 Å². The molecule has 4 heteroatoms. The van der Waals surface area contributed by atoms with Crippen molar-refractivity contribution < 1.29 is 9.47 Å². The number of ether oxygens (including phenoxy) is 2. The van der Waals surface area contributed by atoms with E-state index in [1.54, 1.807) is 13.2 Å². The monoisotopic (exact) mass is 271 g/mol. The van der Waals surface area contributed by atoms with Crippen molar-refractivity contribution in [3.05, 3.63) is 29.3 Å². The number of nitrogens with two attached hydrogens (primary N) is 1. The highest BCUT2D eigenvalue weighted by molar-refractivity contribution is 6.30. The maximum atomic E-state index is 6.17. The van der Waals surface area contributed by atoms with E-state index in [4.69, 9.17) is 26.8 Å². The molecule has 0 radical (unpaired) electrons. The van der Waals surface area contributed by atoms with E-state index in [0.29, 0.717) is 10.9 Å². The van der Waals surface area contributed by atoms with Crippen LogP contribution in [-0.4, -0.2) is 25.9 Å². The molecule has 0 fully saturated rings. The topological polar surface area (TPSA) is 44.5 Å². The summed E-state index contributed by atoms with van der Waals surface area (Å²) < 4.78 is 10.9. The lowest BCUT2D eigenvalue weighted by molar-refractivity contribution is 0.132. The summed E-state index contributed by atoms with van der Waals surface area (Å²) in [5, 5.41) is 0.667. The molecule has 2 N–H and O–H groups in total. The molecular formula is C14H22ClNO2. The van der Waals surface area contributed by atoms with Gasteiger partial charge in [-0.05, 0) is 37.5 Å². The van der Waals surface area contributed by atoms with Gasteiger partial charge in [0.05, 0.1) is 0 Å².